The SMILES string of the molecule is COc1ccc(N(C(=O)COc2ccc(Cl)cc2)[C@H]2C=CS(=O)(=O)C2)cc1. The number of halogens is 1. The number of rotatable bonds is 6. The van der Waals surface area contributed by atoms with Gasteiger partial charge in [-0.15, -0.1) is 0 Å². The van der Waals surface area contributed by atoms with Crippen molar-refractivity contribution in [2.24, 2.45) is 0 Å². The summed E-state index contributed by atoms with van der Waals surface area (Å²) in [7, 11) is -1.78. The predicted octanol–water partition coefficient (Wildman–Crippen LogP) is 3.07. The Balaban J connectivity index is 1.80. The Hall–Kier alpha value is -2.51. The van der Waals surface area contributed by atoms with Crippen LogP contribution in [-0.2, 0) is 14.6 Å². The number of ether oxygens (including phenoxy) is 2. The van der Waals surface area contributed by atoms with Crippen LogP contribution in [0.3, 0.4) is 0 Å². The molecular formula is C19H18ClNO5S. The molecule has 2 aromatic carbocycles. The van der Waals surface area contributed by atoms with Crippen LogP contribution >= 0.6 is 11.6 Å². The molecule has 0 aliphatic carbocycles. The molecule has 0 aromatic heterocycles. The first-order valence-corrected chi connectivity index (χ1v) is 10.2. The highest BCUT2D eigenvalue weighted by molar-refractivity contribution is 7.94. The van der Waals surface area contributed by atoms with E-state index in [-0.39, 0.29) is 18.3 Å². The van der Waals surface area contributed by atoms with Crippen molar-refractivity contribution < 1.29 is 22.7 Å². The van der Waals surface area contributed by atoms with Crippen LogP contribution in [0.5, 0.6) is 11.5 Å². The second-order valence-electron chi connectivity index (χ2n) is 5.93. The molecule has 0 unspecified atom stereocenters. The van der Waals surface area contributed by atoms with Gasteiger partial charge in [-0.1, -0.05) is 11.6 Å². The van der Waals surface area contributed by atoms with Crippen LogP contribution in [0.25, 0.3) is 0 Å². The molecule has 0 saturated carbocycles. The standard InChI is InChI=1S/C19H18ClNO5S/c1-25-17-8-4-15(5-9-17)21(16-10-11-27(23,24)13-16)19(22)12-26-18-6-2-14(20)3-7-18/h2-11,16H,12-13H2,1H3/t16-/m0/s1. The largest absolute Gasteiger partial charge is 0.497 e. The first kappa shape index (κ1) is 19.3. The lowest BCUT2D eigenvalue weighted by molar-refractivity contribution is -0.120. The van der Waals surface area contributed by atoms with Gasteiger partial charge in [-0.05, 0) is 54.6 Å². The molecule has 0 bridgehead atoms. The molecule has 1 atom stereocenters. The summed E-state index contributed by atoms with van der Waals surface area (Å²) in [4.78, 5) is 14.3. The summed E-state index contributed by atoms with van der Waals surface area (Å²) in [5, 5.41) is 1.71. The third-order valence-corrected chi connectivity index (χ3v) is 5.67. The van der Waals surface area contributed by atoms with Crippen LogP contribution in [-0.4, -0.2) is 39.8 Å². The van der Waals surface area contributed by atoms with Gasteiger partial charge in [0, 0.05) is 16.1 Å². The third kappa shape index (κ3) is 4.81. The van der Waals surface area contributed by atoms with Gasteiger partial charge in [-0.25, -0.2) is 8.42 Å². The molecule has 2 aromatic rings. The van der Waals surface area contributed by atoms with Crippen molar-refractivity contribution in [2.45, 2.75) is 6.04 Å². The highest BCUT2D eigenvalue weighted by Gasteiger charge is 2.31. The Morgan fingerprint density at radius 3 is 2.30 bits per heavy atom. The number of carbonyl (C=O) groups is 1. The van der Waals surface area contributed by atoms with E-state index in [0.29, 0.717) is 22.2 Å². The Morgan fingerprint density at radius 1 is 1.11 bits per heavy atom. The minimum Gasteiger partial charge on any atom is -0.497 e. The van der Waals surface area contributed by atoms with E-state index in [1.807, 2.05) is 0 Å². The molecule has 1 aliphatic heterocycles. The maximum Gasteiger partial charge on any atom is 0.265 e. The van der Waals surface area contributed by atoms with Gasteiger partial charge in [-0.2, -0.15) is 0 Å². The number of anilines is 1. The van der Waals surface area contributed by atoms with Crippen molar-refractivity contribution in [3.63, 3.8) is 0 Å². The summed E-state index contributed by atoms with van der Waals surface area (Å²) in [6.07, 6.45) is 1.51. The number of carbonyl (C=O) groups excluding carboxylic acids is 1. The van der Waals surface area contributed by atoms with Crippen LogP contribution in [0.1, 0.15) is 0 Å². The van der Waals surface area contributed by atoms with Gasteiger partial charge in [0.2, 0.25) is 0 Å². The number of sulfone groups is 1. The van der Waals surface area contributed by atoms with Crippen LogP contribution in [0.4, 0.5) is 5.69 Å². The van der Waals surface area contributed by atoms with Gasteiger partial charge < -0.3 is 14.4 Å². The van der Waals surface area contributed by atoms with E-state index < -0.39 is 15.9 Å². The first-order chi connectivity index (χ1) is 12.9. The zero-order chi connectivity index (χ0) is 19.4. The minimum atomic E-state index is -3.32. The molecule has 0 fully saturated rings. The predicted molar refractivity (Wildman–Crippen MR) is 104 cm³/mol. The molecule has 1 heterocycles. The van der Waals surface area contributed by atoms with Crippen LogP contribution in [0.15, 0.2) is 60.0 Å². The van der Waals surface area contributed by atoms with Gasteiger partial charge in [0.25, 0.3) is 5.91 Å². The second-order valence-corrected chi connectivity index (χ2v) is 8.30. The van der Waals surface area contributed by atoms with Crippen molar-refractivity contribution in [3.8, 4) is 11.5 Å². The molecule has 0 radical (unpaired) electrons. The maximum atomic E-state index is 12.9. The van der Waals surface area contributed by atoms with Gasteiger partial charge in [0.1, 0.15) is 11.5 Å². The van der Waals surface area contributed by atoms with E-state index in [0.717, 1.165) is 5.41 Å². The monoisotopic (exact) mass is 407 g/mol. The Morgan fingerprint density at radius 2 is 1.74 bits per heavy atom. The topological polar surface area (TPSA) is 72.9 Å². The maximum absolute atomic E-state index is 12.9. The fourth-order valence-corrected chi connectivity index (χ4v) is 4.12. The molecule has 1 amide bonds. The molecule has 0 saturated heterocycles. The van der Waals surface area contributed by atoms with Gasteiger partial charge in [-0.3, -0.25) is 4.79 Å². The smallest absolute Gasteiger partial charge is 0.265 e. The van der Waals surface area contributed by atoms with Crippen molar-refractivity contribution in [2.75, 3.05) is 24.4 Å². The van der Waals surface area contributed by atoms with Gasteiger partial charge in [0.15, 0.2) is 16.4 Å². The molecule has 27 heavy (non-hydrogen) atoms. The summed E-state index contributed by atoms with van der Waals surface area (Å²) in [6, 6.07) is 12.9. The van der Waals surface area contributed by atoms with Crippen molar-refractivity contribution in [1.29, 1.82) is 0 Å². The molecule has 8 heteroatoms. The van der Waals surface area contributed by atoms with E-state index in [9.17, 15) is 13.2 Å². The number of hydrogen-bond donors (Lipinski definition) is 0. The normalized spacial score (nSPS) is 17.5. The molecule has 3 rings (SSSR count). The van der Waals surface area contributed by atoms with Crippen LogP contribution in [0, 0.1) is 0 Å². The number of benzene rings is 2. The third-order valence-electron chi connectivity index (χ3n) is 4.04. The van der Waals surface area contributed by atoms with Crippen molar-refractivity contribution in [3.05, 3.63) is 65.0 Å². The first-order valence-electron chi connectivity index (χ1n) is 8.13. The van der Waals surface area contributed by atoms with E-state index in [2.05, 4.69) is 0 Å². The Kier molecular flexibility index (Phi) is 5.72. The lowest BCUT2D eigenvalue weighted by Gasteiger charge is -2.27. The summed E-state index contributed by atoms with van der Waals surface area (Å²) >= 11 is 5.84. The van der Waals surface area contributed by atoms with Crippen LogP contribution in [0.2, 0.25) is 5.02 Å². The number of nitrogens with zero attached hydrogens (tertiary/aromatic N) is 1. The molecule has 0 N–H and O–H groups in total. The second kappa shape index (κ2) is 8.02. The van der Waals surface area contributed by atoms with E-state index in [1.54, 1.807) is 55.6 Å². The zero-order valence-electron chi connectivity index (χ0n) is 14.5. The highest BCUT2D eigenvalue weighted by Crippen LogP contribution is 2.25. The lowest BCUT2D eigenvalue weighted by atomic mass is 10.2. The van der Waals surface area contributed by atoms with Gasteiger partial charge >= 0.3 is 0 Å². The van der Waals surface area contributed by atoms with Crippen molar-refractivity contribution in [1.82, 2.24) is 0 Å². The minimum absolute atomic E-state index is 0.161. The van der Waals surface area contributed by atoms with Gasteiger partial charge in [0.05, 0.1) is 18.9 Å². The van der Waals surface area contributed by atoms with Crippen molar-refractivity contribution >= 4 is 33.0 Å². The fraction of sp³-hybridized carbons (Fsp3) is 0.211. The fourth-order valence-electron chi connectivity index (χ4n) is 2.73. The highest BCUT2D eigenvalue weighted by atomic mass is 35.5. The summed E-state index contributed by atoms with van der Waals surface area (Å²) in [5.74, 6) is 0.614. The lowest BCUT2D eigenvalue weighted by Crippen LogP contribution is -2.43. The van der Waals surface area contributed by atoms with Crippen LogP contribution < -0.4 is 14.4 Å². The van der Waals surface area contributed by atoms with E-state index in [4.69, 9.17) is 21.1 Å². The summed E-state index contributed by atoms with van der Waals surface area (Å²) < 4.78 is 34.3. The number of amides is 1. The Labute approximate surface area is 162 Å². The molecule has 0 spiro atoms. The summed E-state index contributed by atoms with van der Waals surface area (Å²) in [6.45, 7) is -0.238. The Bertz CT molecular complexity index is 939. The summed E-state index contributed by atoms with van der Waals surface area (Å²) in [5.41, 5.74) is 0.562. The average Bonchev–Trinajstić information content (AvgIpc) is 3.01. The average molecular weight is 408 g/mol. The van der Waals surface area contributed by atoms with E-state index in [1.165, 1.54) is 11.0 Å². The quantitative estimate of drug-likeness (QED) is 0.735. The number of methoxy groups -OCH3 is 1. The van der Waals surface area contributed by atoms with E-state index >= 15 is 0 Å². The molecule has 6 nitrogen and oxygen atoms in total. The number of hydrogen-bond acceptors (Lipinski definition) is 5. The molecule has 1 aliphatic rings. The molecule has 142 valence electrons. The molecular weight excluding hydrogens is 390 g/mol. The zero-order valence-corrected chi connectivity index (χ0v) is 16.1.